The Labute approximate surface area is 192 Å². The maximum atomic E-state index is 12.5. The van der Waals surface area contributed by atoms with E-state index in [1.807, 2.05) is 42.5 Å². The number of carbonyl (C=O) groups excluding carboxylic acids is 1. The van der Waals surface area contributed by atoms with E-state index in [0.717, 1.165) is 43.0 Å². The molecule has 0 aliphatic carbocycles. The molecular weight excluding hydrogens is 424 g/mol. The molecule has 0 bridgehead atoms. The minimum atomic E-state index is 0.0746. The molecule has 1 saturated heterocycles. The van der Waals surface area contributed by atoms with Gasteiger partial charge in [-0.2, -0.15) is 4.98 Å². The van der Waals surface area contributed by atoms with Crippen molar-refractivity contribution in [2.24, 2.45) is 5.92 Å². The zero-order chi connectivity index (χ0) is 22.2. The molecule has 0 spiro atoms. The average molecular weight is 453 g/mol. The number of hydrogen-bond acceptors (Lipinski definition) is 7. The van der Waals surface area contributed by atoms with Crippen molar-refractivity contribution in [3.63, 3.8) is 0 Å². The Kier molecular flexibility index (Phi) is 7.79. The van der Waals surface area contributed by atoms with Crippen LogP contribution in [-0.2, 0) is 11.3 Å². The lowest BCUT2D eigenvalue weighted by atomic mass is 9.96. The van der Waals surface area contributed by atoms with E-state index >= 15 is 0 Å². The number of carbonyl (C=O) groups is 1. The maximum absolute atomic E-state index is 12.5. The van der Waals surface area contributed by atoms with Crippen LogP contribution in [-0.4, -0.2) is 53.4 Å². The average Bonchev–Trinajstić information content (AvgIpc) is 3.31. The molecule has 1 aromatic heterocycles. The second-order valence-corrected chi connectivity index (χ2v) is 8.91. The molecule has 1 fully saturated rings. The number of hydrogen-bond donors (Lipinski definition) is 1. The van der Waals surface area contributed by atoms with Gasteiger partial charge >= 0.3 is 0 Å². The number of ether oxygens (including phenoxy) is 1. The summed E-state index contributed by atoms with van der Waals surface area (Å²) < 4.78 is 10.6. The van der Waals surface area contributed by atoms with E-state index in [2.05, 4.69) is 32.5 Å². The SMILES string of the molecule is COc1ccc(-c2noc(CN3CCC(C(=O)NCCSc4ccccc4)CC3)n2)cc1. The summed E-state index contributed by atoms with van der Waals surface area (Å²) in [6.45, 7) is 2.98. The summed E-state index contributed by atoms with van der Waals surface area (Å²) in [4.78, 5) is 20.5. The van der Waals surface area contributed by atoms with Crippen molar-refractivity contribution in [1.82, 2.24) is 20.4 Å². The van der Waals surface area contributed by atoms with Gasteiger partial charge in [0.25, 0.3) is 0 Å². The molecule has 1 amide bonds. The molecule has 3 aromatic rings. The lowest BCUT2D eigenvalue weighted by Gasteiger charge is -2.30. The minimum Gasteiger partial charge on any atom is -0.497 e. The number of rotatable bonds is 9. The van der Waals surface area contributed by atoms with Crippen molar-refractivity contribution in [2.75, 3.05) is 32.5 Å². The molecule has 4 rings (SSSR count). The topological polar surface area (TPSA) is 80.5 Å². The van der Waals surface area contributed by atoms with E-state index in [0.29, 0.717) is 24.8 Å². The van der Waals surface area contributed by atoms with Gasteiger partial charge in [0.15, 0.2) is 0 Å². The third-order valence-electron chi connectivity index (χ3n) is 5.55. The first-order valence-electron chi connectivity index (χ1n) is 10.9. The predicted molar refractivity (Wildman–Crippen MR) is 124 cm³/mol. The zero-order valence-electron chi connectivity index (χ0n) is 18.2. The summed E-state index contributed by atoms with van der Waals surface area (Å²) in [6.07, 6.45) is 1.69. The lowest BCUT2D eigenvalue weighted by molar-refractivity contribution is -0.126. The van der Waals surface area contributed by atoms with E-state index in [1.165, 1.54) is 4.90 Å². The predicted octanol–water partition coefficient (Wildman–Crippen LogP) is 3.87. The Morgan fingerprint density at radius 2 is 1.91 bits per heavy atom. The highest BCUT2D eigenvalue weighted by Crippen LogP contribution is 2.22. The largest absolute Gasteiger partial charge is 0.497 e. The van der Waals surface area contributed by atoms with Gasteiger partial charge in [-0.1, -0.05) is 23.4 Å². The summed E-state index contributed by atoms with van der Waals surface area (Å²) in [5.41, 5.74) is 0.890. The van der Waals surface area contributed by atoms with Gasteiger partial charge < -0.3 is 14.6 Å². The van der Waals surface area contributed by atoms with Crippen molar-refractivity contribution < 1.29 is 14.1 Å². The molecule has 0 saturated carbocycles. The quantitative estimate of drug-likeness (QED) is 0.390. The first kappa shape index (κ1) is 22.4. The van der Waals surface area contributed by atoms with Crippen LogP contribution in [0.2, 0.25) is 0 Å². The van der Waals surface area contributed by atoms with Crippen molar-refractivity contribution >= 4 is 17.7 Å². The van der Waals surface area contributed by atoms with Gasteiger partial charge in [-0.25, -0.2) is 0 Å². The van der Waals surface area contributed by atoms with Gasteiger partial charge in [-0.15, -0.1) is 11.8 Å². The Hall–Kier alpha value is -2.84. The summed E-state index contributed by atoms with van der Waals surface area (Å²) in [5.74, 6) is 3.08. The minimum absolute atomic E-state index is 0.0746. The second kappa shape index (κ2) is 11.2. The molecule has 168 valence electrons. The number of piperidine rings is 1. The summed E-state index contributed by atoms with van der Waals surface area (Å²) in [5, 5.41) is 7.18. The molecule has 7 nitrogen and oxygen atoms in total. The Balaban J connectivity index is 1.18. The Bertz CT molecular complexity index is 986. The lowest BCUT2D eigenvalue weighted by Crippen LogP contribution is -2.40. The number of nitrogens with zero attached hydrogens (tertiary/aromatic N) is 3. The van der Waals surface area contributed by atoms with Gasteiger partial charge in [0, 0.05) is 28.7 Å². The first-order chi connectivity index (χ1) is 15.7. The molecule has 32 heavy (non-hydrogen) atoms. The van der Waals surface area contributed by atoms with Gasteiger partial charge in [0.2, 0.25) is 17.6 Å². The molecule has 0 unspecified atom stereocenters. The molecule has 1 N–H and O–H groups in total. The molecular formula is C24H28N4O3S. The number of likely N-dealkylation sites (tertiary alicyclic amines) is 1. The Morgan fingerprint density at radius 3 is 2.62 bits per heavy atom. The van der Waals surface area contributed by atoms with Crippen LogP contribution in [0.1, 0.15) is 18.7 Å². The van der Waals surface area contributed by atoms with Gasteiger partial charge in [0.1, 0.15) is 5.75 Å². The van der Waals surface area contributed by atoms with Gasteiger partial charge in [-0.3, -0.25) is 9.69 Å². The zero-order valence-corrected chi connectivity index (χ0v) is 19.0. The molecule has 0 atom stereocenters. The van der Waals surface area contributed by atoms with Crippen LogP contribution in [0.15, 0.2) is 64.0 Å². The number of aromatic nitrogens is 2. The number of benzene rings is 2. The van der Waals surface area contributed by atoms with Crippen LogP contribution in [0.3, 0.4) is 0 Å². The van der Waals surface area contributed by atoms with Crippen LogP contribution in [0.25, 0.3) is 11.4 Å². The van der Waals surface area contributed by atoms with E-state index in [-0.39, 0.29) is 11.8 Å². The van der Waals surface area contributed by atoms with Crippen LogP contribution in [0.4, 0.5) is 0 Å². The molecule has 1 aliphatic rings. The highest BCUT2D eigenvalue weighted by atomic mass is 32.2. The fourth-order valence-corrected chi connectivity index (χ4v) is 4.51. The number of nitrogens with one attached hydrogen (secondary N) is 1. The molecule has 1 aliphatic heterocycles. The highest BCUT2D eigenvalue weighted by Gasteiger charge is 2.25. The van der Waals surface area contributed by atoms with E-state index in [1.54, 1.807) is 18.9 Å². The summed E-state index contributed by atoms with van der Waals surface area (Å²) >= 11 is 1.76. The Morgan fingerprint density at radius 1 is 1.16 bits per heavy atom. The number of amides is 1. The van der Waals surface area contributed by atoms with Crippen LogP contribution < -0.4 is 10.1 Å². The van der Waals surface area contributed by atoms with Gasteiger partial charge in [0.05, 0.1) is 13.7 Å². The summed E-state index contributed by atoms with van der Waals surface area (Å²) in [7, 11) is 1.64. The second-order valence-electron chi connectivity index (χ2n) is 7.74. The van der Waals surface area contributed by atoms with Crippen LogP contribution in [0, 0.1) is 5.92 Å². The van der Waals surface area contributed by atoms with E-state index in [9.17, 15) is 4.79 Å². The molecule has 2 heterocycles. The van der Waals surface area contributed by atoms with Crippen LogP contribution >= 0.6 is 11.8 Å². The van der Waals surface area contributed by atoms with Crippen LogP contribution in [0.5, 0.6) is 5.75 Å². The third kappa shape index (κ3) is 6.11. The van der Waals surface area contributed by atoms with E-state index in [4.69, 9.17) is 9.26 Å². The molecule has 2 aromatic carbocycles. The fraction of sp³-hybridized carbons (Fsp3) is 0.375. The number of thioether (sulfide) groups is 1. The molecule has 8 heteroatoms. The fourth-order valence-electron chi connectivity index (χ4n) is 3.73. The van der Waals surface area contributed by atoms with Crippen molar-refractivity contribution in [3.05, 3.63) is 60.5 Å². The number of methoxy groups -OCH3 is 1. The van der Waals surface area contributed by atoms with Crippen molar-refractivity contribution in [2.45, 2.75) is 24.3 Å². The van der Waals surface area contributed by atoms with E-state index < -0.39 is 0 Å². The monoisotopic (exact) mass is 452 g/mol. The smallest absolute Gasteiger partial charge is 0.241 e. The van der Waals surface area contributed by atoms with Crippen molar-refractivity contribution in [3.8, 4) is 17.1 Å². The molecule has 0 radical (unpaired) electrons. The standard InChI is InChI=1S/C24H28N4O3S/c1-30-20-9-7-18(8-10-20)23-26-22(31-27-23)17-28-14-11-19(12-15-28)24(29)25-13-16-32-21-5-3-2-4-6-21/h2-10,19H,11-17H2,1H3,(H,25,29). The maximum Gasteiger partial charge on any atom is 0.241 e. The third-order valence-corrected chi connectivity index (χ3v) is 6.56. The van der Waals surface area contributed by atoms with Gasteiger partial charge in [-0.05, 0) is 62.3 Å². The first-order valence-corrected chi connectivity index (χ1v) is 11.8. The normalized spacial score (nSPS) is 14.9. The summed E-state index contributed by atoms with van der Waals surface area (Å²) in [6, 6.07) is 17.8. The highest BCUT2D eigenvalue weighted by molar-refractivity contribution is 7.99. The van der Waals surface area contributed by atoms with Crippen molar-refractivity contribution in [1.29, 1.82) is 0 Å².